The van der Waals surface area contributed by atoms with Crippen LogP contribution in [0.2, 0.25) is 0 Å². The van der Waals surface area contributed by atoms with Gasteiger partial charge in [0.2, 0.25) is 0 Å². The lowest BCUT2D eigenvalue weighted by Gasteiger charge is -2.36. The Kier molecular flexibility index (Phi) is 6.23. The van der Waals surface area contributed by atoms with Gasteiger partial charge in [0.25, 0.3) is 0 Å². The van der Waals surface area contributed by atoms with Gasteiger partial charge in [0.05, 0.1) is 32.0 Å². The molecule has 0 spiro atoms. The molecule has 0 amide bonds. The maximum atomic E-state index is 8.92. The van der Waals surface area contributed by atoms with Crippen molar-refractivity contribution in [2.24, 2.45) is 0 Å². The maximum Gasteiger partial charge on any atom is 0.0826 e. The first-order valence-electron chi connectivity index (χ1n) is 5.98. The third-order valence-corrected chi connectivity index (χ3v) is 2.98. The van der Waals surface area contributed by atoms with Gasteiger partial charge in [-0.25, -0.2) is 0 Å². The van der Waals surface area contributed by atoms with Crippen molar-refractivity contribution in [1.82, 2.24) is 10.2 Å². The average molecular weight is 232 g/mol. The lowest BCUT2D eigenvalue weighted by molar-refractivity contribution is -0.0394. The van der Waals surface area contributed by atoms with E-state index in [4.69, 9.17) is 14.9 Å². The second-order valence-corrected chi connectivity index (χ2v) is 4.55. The highest BCUT2D eigenvalue weighted by Gasteiger charge is 2.22. The van der Waals surface area contributed by atoms with Crippen molar-refractivity contribution in [2.75, 3.05) is 39.5 Å². The van der Waals surface area contributed by atoms with Gasteiger partial charge in [0.1, 0.15) is 0 Å². The highest BCUT2D eigenvalue weighted by atomic mass is 16.5. The Morgan fingerprint density at radius 2 is 2.06 bits per heavy atom. The van der Waals surface area contributed by atoms with Gasteiger partial charge in [-0.2, -0.15) is 0 Å². The van der Waals surface area contributed by atoms with Gasteiger partial charge >= 0.3 is 0 Å². The first-order valence-corrected chi connectivity index (χ1v) is 5.98. The van der Waals surface area contributed by atoms with Crippen molar-refractivity contribution >= 4 is 0 Å². The van der Waals surface area contributed by atoms with Crippen molar-refractivity contribution in [3.63, 3.8) is 0 Å². The Labute approximate surface area is 97.4 Å². The van der Waals surface area contributed by atoms with Crippen molar-refractivity contribution in [1.29, 1.82) is 0 Å². The number of nitrogens with one attached hydrogen (secondary N) is 1. The Morgan fingerprint density at radius 3 is 2.62 bits per heavy atom. The molecular weight excluding hydrogens is 208 g/mol. The Balaban J connectivity index is 2.26. The number of morpholine rings is 1. The Morgan fingerprint density at radius 1 is 1.38 bits per heavy atom. The molecule has 1 heterocycles. The summed E-state index contributed by atoms with van der Waals surface area (Å²) in [5.74, 6) is 0. The minimum Gasteiger partial charge on any atom is -0.395 e. The molecule has 0 aromatic rings. The summed E-state index contributed by atoms with van der Waals surface area (Å²) >= 11 is 0. The molecule has 0 aromatic carbocycles. The molecule has 96 valence electrons. The molecule has 0 saturated carbocycles. The summed E-state index contributed by atoms with van der Waals surface area (Å²) in [7, 11) is 0. The largest absolute Gasteiger partial charge is 0.395 e. The van der Waals surface area contributed by atoms with E-state index in [0.29, 0.717) is 12.6 Å². The van der Waals surface area contributed by atoms with Crippen molar-refractivity contribution in [2.45, 2.75) is 32.0 Å². The first-order chi connectivity index (χ1) is 7.67. The van der Waals surface area contributed by atoms with Gasteiger partial charge in [-0.1, -0.05) is 0 Å². The topological polar surface area (TPSA) is 65.0 Å². The predicted octanol–water partition coefficient (Wildman–Crippen LogP) is -0.962. The van der Waals surface area contributed by atoms with Gasteiger partial charge < -0.3 is 20.3 Å². The Bertz CT molecular complexity index is 186. The molecule has 0 aliphatic carbocycles. The zero-order chi connectivity index (χ0) is 12.0. The van der Waals surface area contributed by atoms with Gasteiger partial charge in [0.15, 0.2) is 0 Å². The van der Waals surface area contributed by atoms with Crippen LogP contribution in [0.3, 0.4) is 0 Å². The highest BCUT2D eigenvalue weighted by molar-refractivity contribution is 4.77. The molecule has 0 aromatic heterocycles. The van der Waals surface area contributed by atoms with Gasteiger partial charge in [0, 0.05) is 25.7 Å². The fraction of sp³-hybridized carbons (Fsp3) is 1.00. The van der Waals surface area contributed by atoms with Gasteiger partial charge in [-0.3, -0.25) is 4.90 Å². The zero-order valence-electron chi connectivity index (χ0n) is 10.2. The van der Waals surface area contributed by atoms with Crippen molar-refractivity contribution in [3.05, 3.63) is 0 Å². The third-order valence-electron chi connectivity index (χ3n) is 2.98. The van der Waals surface area contributed by atoms with Crippen LogP contribution in [0.4, 0.5) is 0 Å². The number of hydrogen-bond donors (Lipinski definition) is 3. The molecule has 5 nitrogen and oxygen atoms in total. The van der Waals surface area contributed by atoms with Crippen molar-refractivity contribution < 1.29 is 14.9 Å². The minimum atomic E-state index is -0.238. The number of rotatable bonds is 6. The summed E-state index contributed by atoms with van der Waals surface area (Å²) in [4.78, 5) is 2.38. The van der Waals surface area contributed by atoms with E-state index in [1.807, 2.05) is 0 Å². The maximum absolute atomic E-state index is 8.92. The monoisotopic (exact) mass is 232 g/mol. The van der Waals surface area contributed by atoms with E-state index in [2.05, 4.69) is 24.1 Å². The quantitative estimate of drug-likeness (QED) is 0.550. The van der Waals surface area contributed by atoms with E-state index in [0.717, 1.165) is 19.7 Å². The molecule has 1 aliphatic rings. The highest BCUT2D eigenvalue weighted by Crippen LogP contribution is 2.08. The molecule has 16 heavy (non-hydrogen) atoms. The van der Waals surface area contributed by atoms with E-state index in [-0.39, 0.29) is 25.4 Å². The lowest BCUT2D eigenvalue weighted by Crippen LogP contribution is -2.51. The second-order valence-electron chi connectivity index (χ2n) is 4.55. The molecule has 1 rings (SSSR count). The van der Waals surface area contributed by atoms with Crippen LogP contribution in [0.25, 0.3) is 0 Å². The Hall–Kier alpha value is -0.200. The predicted molar refractivity (Wildman–Crippen MR) is 62.4 cm³/mol. The number of hydrogen-bond acceptors (Lipinski definition) is 5. The van der Waals surface area contributed by atoms with Crippen LogP contribution in [0, 0.1) is 0 Å². The molecule has 0 bridgehead atoms. The molecule has 1 unspecified atom stereocenters. The van der Waals surface area contributed by atoms with E-state index in [1.54, 1.807) is 0 Å². The molecule has 1 atom stereocenters. The summed E-state index contributed by atoms with van der Waals surface area (Å²) in [5.41, 5.74) is 0. The summed E-state index contributed by atoms with van der Waals surface area (Å²) in [6.45, 7) is 7.60. The van der Waals surface area contributed by atoms with E-state index >= 15 is 0 Å². The van der Waals surface area contributed by atoms with E-state index in [1.165, 1.54) is 0 Å². The molecule has 5 heteroatoms. The number of ether oxygens (including phenoxy) is 1. The number of aliphatic hydroxyl groups is 2. The van der Waals surface area contributed by atoms with Gasteiger partial charge in [-0.05, 0) is 13.8 Å². The molecule has 3 N–H and O–H groups in total. The van der Waals surface area contributed by atoms with Crippen LogP contribution in [-0.4, -0.2) is 72.8 Å². The average Bonchev–Trinajstić information content (AvgIpc) is 2.31. The summed E-state index contributed by atoms with van der Waals surface area (Å²) in [6, 6.07) is 0.302. The van der Waals surface area contributed by atoms with E-state index < -0.39 is 0 Å². The summed E-state index contributed by atoms with van der Waals surface area (Å²) < 4.78 is 5.63. The summed E-state index contributed by atoms with van der Waals surface area (Å²) in [5, 5.41) is 20.9. The molecule has 1 aliphatic heterocycles. The van der Waals surface area contributed by atoms with Gasteiger partial charge in [-0.15, -0.1) is 0 Å². The normalized spacial score (nSPS) is 23.2. The minimum absolute atomic E-state index is 0.0445. The molecular formula is C11H24N2O3. The van der Waals surface area contributed by atoms with Crippen LogP contribution in [0.5, 0.6) is 0 Å². The fourth-order valence-electron chi connectivity index (χ4n) is 1.82. The lowest BCUT2D eigenvalue weighted by atomic mass is 10.2. The van der Waals surface area contributed by atoms with Crippen LogP contribution >= 0.6 is 0 Å². The number of aliphatic hydroxyl groups excluding tert-OH is 2. The SMILES string of the molecule is CC(C)N1CCOC(CNC(CO)CO)C1. The smallest absolute Gasteiger partial charge is 0.0826 e. The molecule has 1 saturated heterocycles. The standard InChI is InChI=1S/C11H24N2O3/c1-9(2)13-3-4-16-11(6-13)5-12-10(7-14)8-15/h9-12,14-15H,3-8H2,1-2H3. The van der Waals surface area contributed by atoms with E-state index in [9.17, 15) is 0 Å². The van der Waals surface area contributed by atoms with Crippen molar-refractivity contribution in [3.8, 4) is 0 Å². The van der Waals surface area contributed by atoms with Crippen LogP contribution in [-0.2, 0) is 4.74 Å². The van der Waals surface area contributed by atoms with Crippen LogP contribution < -0.4 is 5.32 Å². The fourth-order valence-corrected chi connectivity index (χ4v) is 1.82. The first kappa shape index (κ1) is 13.9. The molecule has 0 radical (unpaired) electrons. The molecule has 1 fully saturated rings. The number of nitrogens with zero attached hydrogens (tertiary/aromatic N) is 1. The van der Waals surface area contributed by atoms with Crippen LogP contribution in [0.1, 0.15) is 13.8 Å². The summed E-state index contributed by atoms with van der Waals surface area (Å²) in [6.07, 6.45) is 0.150. The second kappa shape index (κ2) is 7.19. The third kappa shape index (κ3) is 4.35. The van der Waals surface area contributed by atoms with Crippen LogP contribution in [0.15, 0.2) is 0 Å². The zero-order valence-corrected chi connectivity index (χ0v) is 10.2.